The number of nitrogens with two attached hydrogens (primary N) is 1. The normalized spacial score (nSPS) is 19.2. The van der Waals surface area contributed by atoms with Gasteiger partial charge in [0.2, 0.25) is 0 Å². The molecular weight excluding hydrogens is 224 g/mol. The molecule has 0 spiro atoms. The second-order valence-electron chi connectivity index (χ2n) is 4.99. The van der Waals surface area contributed by atoms with Crippen LogP contribution in [0.3, 0.4) is 0 Å². The monoisotopic (exact) mass is 246 g/mol. The maximum absolute atomic E-state index is 12.5. The Kier molecular flexibility index (Phi) is 4.37. The Morgan fingerprint density at radius 2 is 2.22 bits per heavy atom. The Balaban J connectivity index is 2.08. The molecule has 2 N–H and O–H groups in total. The molecule has 1 heterocycles. The summed E-state index contributed by atoms with van der Waals surface area (Å²) in [6.45, 7) is 4.56. The Bertz CT molecular complexity index is 417. The van der Waals surface area contributed by atoms with Gasteiger partial charge in [0, 0.05) is 18.7 Å². The lowest BCUT2D eigenvalue weighted by Crippen LogP contribution is -2.29. The fourth-order valence-electron chi connectivity index (χ4n) is 2.70. The van der Waals surface area contributed by atoms with Gasteiger partial charge in [0.15, 0.2) is 0 Å². The molecule has 1 unspecified atom stereocenters. The number of carbonyl (C=O) groups is 1. The van der Waals surface area contributed by atoms with Crippen LogP contribution >= 0.6 is 0 Å². The number of likely N-dealkylation sites (tertiary alicyclic amines) is 1. The zero-order valence-corrected chi connectivity index (χ0v) is 11.1. The Labute approximate surface area is 109 Å². The number of benzene rings is 1. The predicted molar refractivity (Wildman–Crippen MR) is 73.5 cm³/mol. The standard InChI is InChI=1S/C15H22N2O/c1-2-13-5-3-4-6-14(13)15(18)17-10-8-12(11-17)7-9-16/h3-6,12H,2,7-11,16H2,1H3. The van der Waals surface area contributed by atoms with E-state index in [0.717, 1.165) is 50.0 Å². The fraction of sp³-hybridized carbons (Fsp3) is 0.533. The van der Waals surface area contributed by atoms with E-state index in [1.54, 1.807) is 0 Å². The van der Waals surface area contributed by atoms with Gasteiger partial charge in [-0.3, -0.25) is 4.79 Å². The first-order chi connectivity index (χ1) is 8.76. The van der Waals surface area contributed by atoms with Gasteiger partial charge in [0.25, 0.3) is 5.91 Å². The molecule has 0 aliphatic carbocycles. The number of carbonyl (C=O) groups excluding carboxylic acids is 1. The molecule has 2 rings (SSSR count). The van der Waals surface area contributed by atoms with Crippen LogP contribution in [0.4, 0.5) is 0 Å². The highest BCUT2D eigenvalue weighted by atomic mass is 16.2. The van der Waals surface area contributed by atoms with Crippen LogP contribution in [-0.2, 0) is 6.42 Å². The van der Waals surface area contributed by atoms with Crippen molar-refractivity contribution in [2.24, 2.45) is 11.7 Å². The summed E-state index contributed by atoms with van der Waals surface area (Å²) in [5.74, 6) is 0.778. The number of aryl methyl sites for hydroxylation is 1. The van der Waals surface area contributed by atoms with E-state index in [1.165, 1.54) is 0 Å². The zero-order valence-electron chi connectivity index (χ0n) is 11.1. The maximum Gasteiger partial charge on any atom is 0.254 e. The first-order valence-corrected chi connectivity index (χ1v) is 6.83. The zero-order chi connectivity index (χ0) is 13.0. The number of amides is 1. The number of hydrogen-bond donors (Lipinski definition) is 1. The summed E-state index contributed by atoms with van der Waals surface area (Å²) < 4.78 is 0. The molecule has 98 valence electrons. The molecule has 1 amide bonds. The van der Waals surface area contributed by atoms with Crippen molar-refractivity contribution in [1.82, 2.24) is 4.90 Å². The van der Waals surface area contributed by atoms with Gasteiger partial charge in [0.1, 0.15) is 0 Å². The lowest BCUT2D eigenvalue weighted by molar-refractivity contribution is 0.0785. The van der Waals surface area contributed by atoms with Gasteiger partial charge < -0.3 is 10.6 Å². The van der Waals surface area contributed by atoms with Crippen LogP contribution in [0.2, 0.25) is 0 Å². The number of rotatable bonds is 4. The molecule has 1 saturated heterocycles. The summed E-state index contributed by atoms with van der Waals surface area (Å²) in [4.78, 5) is 14.5. The maximum atomic E-state index is 12.5. The van der Waals surface area contributed by atoms with Gasteiger partial charge in [-0.1, -0.05) is 25.1 Å². The third kappa shape index (κ3) is 2.72. The summed E-state index contributed by atoms with van der Waals surface area (Å²) in [6, 6.07) is 7.93. The molecule has 0 saturated carbocycles. The van der Waals surface area contributed by atoms with Crippen molar-refractivity contribution in [2.45, 2.75) is 26.2 Å². The van der Waals surface area contributed by atoms with Crippen LogP contribution < -0.4 is 5.73 Å². The van der Waals surface area contributed by atoms with E-state index >= 15 is 0 Å². The molecule has 1 fully saturated rings. The van der Waals surface area contributed by atoms with E-state index in [1.807, 2.05) is 29.2 Å². The quantitative estimate of drug-likeness (QED) is 0.884. The highest BCUT2D eigenvalue weighted by Gasteiger charge is 2.27. The summed E-state index contributed by atoms with van der Waals surface area (Å²) in [6.07, 6.45) is 3.03. The SMILES string of the molecule is CCc1ccccc1C(=O)N1CCC(CCN)C1. The van der Waals surface area contributed by atoms with Gasteiger partial charge in [0.05, 0.1) is 0 Å². The summed E-state index contributed by atoms with van der Waals surface area (Å²) in [7, 11) is 0. The molecule has 18 heavy (non-hydrogen) atoms. The van der Waals surface area contributed by atoms with Crippen molar-refractivity contribution in [2.75, 3.05) is 19.6 Å². The molecule has 1 aliphatic rings. The van der Waals surface area contributed by atoms with Gasteiger partial charge in [-0.15, -0.1) is 0 Å². The van der Waals surface area contributed by atoms with Crippen LogP contribution in [0, 0.1) is 5.92 Å². The molecule has 0 aromatic heterocycles. The van der Waals surface area contributed by atoms with Crippen molar-refractivity contribution in [3.63, 3.8) is 0 Å². The minimum absolute atomic E-state index is 0.187. The first-order valence-electron chi connectivity index (χ1n) is 6.83. The lowest BCUT2D eigenvalue weighted by atomic mass is 10.0. The van der Waals surface area contributed by atoms with Crippen molar-refractivity contribution in [3.8, 4) is 0 Å². The first kappa shape index (κ1) is 13.1. The van der Waals surface area contributed by atoms with Crippen molar-refractivity contribution in [1.29, 1.82) is 0 Å². The van der Waals surface area contributed by atoms with E-state index in [0.29, 0.717) is 5.92 Å². The van der Waals surface area contributed by atoms with Crippen LogP contribution in [0.1, 0.15) is 35.7 Å². The van der Waals surface area contributed by atoms with E-state index in [4.69, 9.17) is 5.73 Å². The minimum atomic E-state index is 0.187. The second-order valence-corrected chi connectivity index (χ2v) is 4.99. The topological polar surface area (TPSA) is 46.3 Å². The van der Waals surface area contributed by atoms with Crippen molar-refractivity contribution in [3.05, 3.63) is 35.4 Å². The minimum Gasteiger partial charge on any atom is -0.338 e. The van der Waals surface area contributed by atoms with E-state index in [-0.39, 0.29) is 5.91 Å². The molecule has 3 nitrogen and oxygen atoms in total. The Morgan fingerprint density at radius 1 is 1.44 bits per heavy atom. The smallest absolute Gasteiger partial charge is 0.254 e. The van der Waals surface area contributed by atoms with E-state index < -0.39 is 0 Å². The fourth-order valence-corrected chi connectivity index (χ4v) is 2.70. The average Bonchev–Trinajstić information content (AvgIpc) is 2.87. The van der Waals surface area contributed by atoms with Crippen molar-refractivity contribution < 1.29 is 4.79 Å². The second kappa shape index (κ2) is 6.01. The van der Waals surface area contributed by atoms with Crippen LogP contribution in [0.5, 0.6) is 0 Å². The van der Waals surface area contributed by atoms with Crippen LogP contribution in [0.25, 0.3) is 0 Å². The summed E-state index contributed by atoms with van der Waals surface area (Å²) in [5, 5.41) is 0. The third-order valence-corrected chi connectivity index (χ3v) is 3.78. The number of hydrogen-bond acceptors (Lipinski definition) is 2. The summed E-state index contributed by atoms with van der Waals surface area (Å²) in [5.41, 5.74) is 7.60. The molecule has 1 atom stereocenters. The molecule has 1 aromatic rings. The molecular formula is C15H22N2O. The average molecular weight is 246 g/mol. The highest BCUT2D eigenvalue weighted by Crippen LogP contribution is 2.22. The highest BCUT2D eigenvalue weighted by molar-refractivity contribution is 5.95. The van der Waals surface area contributed by atoms with E-state index in [2.05, 4.69) is 6.92 Å². The summed E-state index contributed by atoms with van der Waals surface area (Å²) >= 11 is 0. The van der Waals surface area contributed by atoms with Gasteiger partial charge in [-0.05, 0) is 43.4 Å². The molecule has 1 aliphatic heterocycles. The Morgan fingerprint density at radius 3 is 2.94 bits per heavy atom. The van der Waals surface area contributed by atoms with Crippen molar-refractivity contribution >= 4 is 5.91 Å². The van der Waals surface area contributed by atoms with Gasteiger partial charge in [-0.2, -0.15) is 0 Å². The van der Waals surface area contributed by atoms with Gasteiger partial charge >= 0.3 is 0 Å². The largest absolute Gasteiger partial charge is 0.338 e. The number of nitrogens with zero attached hydrogens (tertiary/aromatic N) is 1. The van der Waals surface area contributed by atoms with Gasteiger partial charge in [-0.25, -0.2) is 0 Å². The van der Waals surface area contributed by atoms with E-state index in [9.17, 15) is 4.79 Å². The molecule has 0 radical (unpaired) electrons. The lowest BCUT2D eigenvalue weighted by Gasteiger charge is -2.18. The Hall–Kier alpha value is -1.35. The van der Waals surface area contributed by atoms with Crippen LogP contribution in [0.15, 0.2) is 24.3 Å². The third-order valence-electron chi connectivity index (χ3n) is 3.78. The molecule has 3 heteroatoms. The molecule has 1 aromatic carbocycles. The predicted octanol–water partition coefficient (Wildman–Crippen LogP) is 2.06. The molecule has 0 bridgehead atoms. The van der Waals surface area contributed by atoms with Crippen LogP contribution in [-0.4, -0.2) is 30.4 Å².